The van der Waals surface area contributed by atoms with Crippen molar-refractivity contribution in [1.29, 1.82) is 0 Å². The number of rotatable bonds is 0. The summed E-state index contributed by atoms with van der Waals surface area (Å²) in [5, 5.41) is 0. The van der Waals surface area contributed by atoms with Crippen molar-refractivity contribution in [1.82, 2.24) is 0 Å². The minimum absolute atomic E-state index is 0.149. The van der Waals surface area contributed by atoms with Crippen LogP contribution in [0, 0.1) is 0 Å². The second kappa shape index (κ2) is 2.78. The molecular weight excluding hydrogens is 128 g/mol. The topological polar surface area (TPSA) is 34.1 Å². The van der Waals surface area contributed by atoms with Crippen molar-refractivity contribution in [3.63, 3.8) is 0 Å². The van der Waals surface area contributed by atoms with Gasteiger partial charge in [-0.1, -0.05) is 12.2 Å². The number of hydrogen-bond acceptors (Lipinski definition) is 2. The van der Waals surface area contributed by atoms with Gasteiger partial charge in [-0.05, 0) is 0 Å². The molecule has 1 aliphatic carbocycles. The maximum absolute atomic E-state index is 10.8. The number of ketones is 2. The normalized spacial score (nSPS) is 21.0. The summed E-state index contributed by atoms with van der Waals surface area (Å²) in [7, 11) is 0. The van der Waals surface area contributed by atoms with Gasteiger partial charge in [0.25, 0.3) is 0 Å². The Bertz CT molecular complexity index is 171. The van der Waals surface area contributed by atoms with E-state index in [9.17, 15) is 9.59 Å². The first-order valence-corrected chi connectivity index (χ1v) is 3.38. The van der Waals surface area contributed by atoms with Gasteiger partial charge in [0.15, 0.2) is 0 Å². The van der Waals surface area contributed by atoms with Crippen molar-refractivity contribution < 1.29 is 9.59 Å². The minimum atomic E-state index is 0.149. The van der Waals surface area contributed by atoms with Crippen LogP contribution in [0.25, 0.3) is 0 Å². The molecule has 1 rings (SSSR count). The Morgan fingerprint density at radius 3 is 1.80 bits per heavy atom. The highest BCUT2D eigenvalue weighted by atomic mass is 16.1. The number of Topliss-reactive ketones (excluding diaryl/α,β-unsaturated/α-hetero) is 2. The molecule has 0 bridgehead atoms. The quantitative estimate of drug-likeness (QED) is 0.373. The van der Waals surface area contributed by atoms with Crippen LogP contribution in [-0.2, 0) is 9.59 Å². The van der Waals surface area contributed by atoms with Gasteiger partial charge in [-0.2, -0.15) is 0 Å². The fraction of sp³-hybridized carbons (Fsp3) is 0.500. The van der Waals surface area contributed by atoms with E-state index in [1.807, 2.05) is 0 Å². The van der Waals surface area contributed by atoms with Crippen LogP contribution in [-0.4, -0.2) is 11.6 Å². The molecule has 1 saturated carbocycles. The average Bonchev–Trinajstić information content (AvgIpc) is 1.93. The largest absolute Gasteiger partial charge is 0.299 e. The van der Waals surface area contributed by atoms with Gasteiger partial charge in [0.05, 0.1) is 0 Å². The molecule has 0 aromatic heterocycles. The van der Waals surface area contributed by atoms with Crippen LogP contribution in [0.1, 0.15) is 25.7 Å². The second-order valence-corrected chi connectivity index (χ2v) is 2.68. The van der Waals surface area contributed by atoms with Crippen molar-refractivity contribution >= 4 is 11.6 Å². The predicted octanol–water partition coefficient (Wildman–Crippen LogP) is 1.25. The van der Waals surface area contributed by atoms with Crippen molar-refractivity contribution in [2.45, 2.75) is 25.7 Å². The van der Waals surface area contributed by atoms with Crippen LogP contribution >= 0.6 is 0 Å². The molecule has 0 aromatic carbocycles. The molecule has 0 unspecified atom stereocenters. The first-order chi connectivity index (χ1) is 4.68. The third kappa shape index (κ3) is 1.79. The Balaban J connectivity index is 2.63. The first-order valence-electron chi connectivity index (χ1n) is 3.38. The summed E-state index contributed by atoms with van der Waals surface area (Å²) in [4.78, 5) is 21.7. The fourth-order valence-electron chi connectivity index (χ4n) is 1.08. The molecule has 0 saturated heterocycles. The number of carbonyl (C=O) groups excluding carboxylic acids is 2. The van der Waals surface area contributed by atoms with E-state index in [0.717, 1.165) is 5.57 Å². The molecule has 0 heterocycles. The van der Waals surface area contributed by atoms with E-state index in [2.05, 4.69) is 6.58 Å². The molecule has 0 atom stereocenters. The minimum Gasteiger partial charge on any atom is -0.299 e. The van der Waals surface area contributed by atoms with Gasteiger partial charge in [-0.25, -0.2) is 0 Å². The molecule has 2 nitrogen and oxygen atoms in total. The lowest BCUT2D eigenvalue weighted by Crippen LogP contribution is -1.95. The standard InChI is InChI=1S/C8H10O2/c1-6-4-7(9)2-3-8(10)5-6/h1-5H2. The van der Waals surface area contributed by atoms with Gasteiger partial charge in [0, 0.05) is 25.7 Å². The first kappa shape index (κ1) is 7.19. The Labute approximate surface area is 59.9 Å². The van der Waals surface area contributed by atoms with Gasteiger partial charge >= 0.3 is 0 Å². The number of allylic oxidation sites excluding steroid dienone is 1. The third-order valence-electron chi connectivity index (χ3n) is 1.58. The van der Waals surface area contributed by atoms with E-state index in [-0.39, 0.29) is 11.6 Å². The summed E-state index contributed by atoms with van der Waals surface area (Å²) < 4.78 is 0. The molecule has 10 heavy (non-hydrogen) atoms. The molecule has 0 spiro atoms. The lowest BCUT2D eigenvalue weighted by molar-refractivity contribution is -0.122. The highest BCUT2D eigenvalue weighted by Gasteiger charge is 2.14. The molecule has 0 aromatic rings. The summed E-state index contributed by atoms with van der Waals surface area (Å²) in [5.74, 6) is 0.298. The van der Waals surface area contributed by atoms with Gasteiger partial charge < -0.3 is 0 Å². The number of carbonyl (C=O) groups is 2. The van der Waals surface area contributed by atoms with Crippen LogP contribution in [0.15, 0.2) is 12.2 Å². The van der Waals surface area contributed by atoms with E-state index in [4.69, 9.17) is 0 Å². The fourth-order valence-corrected chi connectivity index (χ4v) is 1.08. The zero-order chi connectivity index (χ0) is 7.56. The second-order valence-electron chi connectivity index (χ2n) is 2.68. The zero-order valence-electron chi connectivity index (χ0n) is 5.85. The van der Waals surface area contributed by atoms with Crippen molar-refractivity contribution in [2.24, 2.45) is 0 Å². The summed E-state index contributed by atoms with van der Waals surface area (Å²) in [6, 6.07) is 0. The van der Waals surface area contributed by atoms with Crippen molar-refractivity contribution in [3.8, 4) is 0 Å². The number of hydrogen-bond donors (Lipinski definition) is 0. The molecule has 0 amide bonds. The van der Waals surface area contributed by atoms with Crippen molar-refractivity contribution in [2.75, 3.05) is 0 Å². The Hall–Kier alpha value is -0.920. The highest BCUT2D eigenvalue weighted by molar-refractivity contribution is 5.91. The van der Waals surface area contributed by atoms with Crippen LogP contribution in [0.4, 0.5) is 0 Å². The van der Waals surface area contributed by atoms with Crippen LogP contribution < -0.4 is 0 Å². The van der Waals surface area contributed by atoms with Crippen molar-refractivity contribution in [3.05, 3.63) is 12.2 Å². The third-order valence-corrected chi connectivity index (χ3v) is 1.58. The van der Waals surface area contributed by atoms with Gasteiger partial charge in [-0.3, -0.25) is 9.59 Å². The van der Waals surface area contributed by atoms with Gasteiger partial charge in [-0.15, -0.1) is 0 Å². The Morgan fingerprint density at radius 2 is 1.40 bits per heavy atom. The Kier molecular flexibility index (Phi) is 2.00. The zero-order valence-corrected chi connectivity index (χ0v) is 5.85. The van der Waals surface area contributed by atoms with Crippen LogP contribution in [0.2, 0.25) is 0 Å². The maximum atomic E-state index is 10.8. The molecule has 1 aliphatic rings. The predicted molar refractivity (Wildman–Crippen MR) is 37.6 cm³/mol. The summed E-state index contributed by atoms with van der Waals surface area (Å²) >= 11 is 0. The lowest BCUT2D eigenvalue weighted by Gasteiger charge is -1.93. The molecule has 2 heteroatoms. The lowest BCUT2D eigenvalue weighted by atomic mass is 10.1. The van der Waals surface area contributed by atoms with Gasteiger partial charge in [0.1, 0.15) is 11.6 Å². The SMILES string of the molecule is C=C1CC(=O)CCC(=O)C1. The summed E-state index contributed by atoms with van der Waals surface area (Å²) in [5.41, 5.74) is 0.771. The van der Waals surface area contributed by atoms with E-state index in [0.29, 0.717) is 25.7 Å². The highest BCUT2D eigenvalue weighted by Crippen LogP contribution is 2.14. The Morgan fingerprint density at radius 1 is 1.00 bits per heavy atom. The molecular formula is C8H10O2. The van der Waals surface area contributed by atoms with Crippen LogP contribution in [0.3, 0.4) is 0 Å². The monoisotopic (exact) mass is 138 g/mol. The molecule has 1 fully saturated rings. The smallest absolute Gasteiger partial charge is 0.137 e. The molecule has 0 N–H and O–H groups in total. The van der Waals surface area contributed by atoms with E-state index in [1.165, 1.54) is 0 Å². The molecule has 54 valence electrons. The summed E-state index contributed by atoms with van der Waals surface area (Å²) in [6.45, 7) is 3.63. The van der Waals surface area contributed by atoms with E-state index < -0.39 is 0 Å². The van der Waals surface area contributed by atoms with E-state index >= 15 is 0 Å². The van der Waals surface area contributed by atoms with Gasteiger partial charge in [0.2, 0.25) is 0 Å². The van der Waals surface area contributed by atoms with E-state index in [1.54, 1.807) is 0 Å². The molecule has 0 radical (unpaired) electrons. The summed E-state index contributed by atoms with van der Waals surface area (Å²) in [6.07, 6.45) is 1.65. The average molecular weight is 138 g/mol. The molecule has 0 aliphatic heterocycles. The van der Waals surface area contributed by atoms with Crippen LogP contribution in [0.5, 0.6) is 0 Å². The maximum Gasteiger partial charge on any atom is 0.137 e.